The second-order valence-corrected chi connectivity index (χ2v) is 6.91. The first-order valence-corrected chi connectivity index (χ1v) is 8.50. The second-order valence-electron chi connectivity index (χ2n) is 6.91. The third-order valence-electron chi connectivity index (χ3n) is 5.03. The van der Waals surface area contributed by atoms with Gasteiger partial charge in [0.05, 0.1) is 5.92 Å². The van der Waals surface area contributed by atoms with Crippen molar-refractivity contribution in [1.29, 1.82) is 0 Å². The predicted octanol–water partition coefficient (Wildman–Crippen LogP) is 3.24. The number of hydrogen-bond acceptors (Lipinski definition) is 4. The number of aromatic nitrogens is 2. The molecule has 2 aromatic rings. The van der Waals surface area contributed by atoms with Gasteiger partial charge >= 0.3 is 0 Å². The van der Waals surface area contributed by atoms with Crippen LogP contribution in [0.2, 0.25) is 0 Å². The fourth-order valence-electron chi connectivity index (χ4n) is 3.43. The fraction of sp³-hybridized carbons (Fsp3) is 0.500. The van der Waals surface area contributed by atoms with Crippen molar-refractivity contribution in [3.63, 3.8) is 0 Å². The maximum atomic E-state index is 13.3. The highest BCUT2D eigenvalue weighted by Gasteiger charge is 2.42. The summed E-state index contributed by atoms with van der Waals surface area (Å²) in [4.78, 5) is 18.8. The Hall–Kier alpha value is -2.24. The van der Waals surface area contributed by atoms with Crippen molar-refractivity contribution >= 4 is 5.91 Å². The van der Waals surface area contributed by atoms with Gasteiger partial charge in [0.1, 0.15) is 5.82 Å². The average Bonchev–Trinajstić information content (AvgIpc) is 3.12. The van der Waals surface area contributed by atoms with E-state index in [0.717, 1.165) is 25.8 Å². The minimum Gasteiger partial charge on any atom is -0.342 e. The van der Waals surface area contributed by atoms with Gasteiger partial charge < -0.3 is 9.42 Å². The van der Waals surface area contributed by atoms with Gasteiger partial charge in [-0.1, -0.05) is 24.2 Å². The number of likely N-dealkylation sites (tertiary alicyclic amines) is 1. The molecule has 1 amide bonds. The zero-order valence-electron chi connectivity index (χ0n) is 13.6. The average molecular weight is 329 g/mol. The zero-order valence-corrected chi connectivity index (χ0v) is 13.6. The second kappa shape index (κ2) is 6.00. The van der Waals surface area contributed by atoms with E-state index in [0.29, 0.717) is 29.7 Å². The van der Waals surface area contributed by atoms with Crippen molar-refractivity contribution in [2.24, 2.45) is 11.8 Å². The Morgan fingerprint density at radius 3 is 3.00 bits per heavy atom. The molecule has 24 heavy (non-hydrogen) atoms. The van der Waals surface area contributed by atoms with Crippen molar-refractivity contribution in [3.05, 3.63) is 36.0 Å². The number of halogens is 1. The Kier molecular flexibility index (Phi) is 3.82. The molecule has 1 aromatic carbocycles. The Morgan fingerprint density at radius 2 is 2.25 bits per heavy atom. The van der Waals surface area contributed by atoms with Crippen LogP contribution in [0.5, 0.6) is 0 Å². The molecule has 1 aliphatic heterocycles. The number of hydrogen-bond donors (Lipinski definition) is 0. The molecule has 2 aliphatic rings. The van der Waals surface area contributed by atoms with Gasteiger partial charge in [0.15, 0.2) is 0 Å². The summed E-state index contributed by atoms with van der Waals surface area (Å²) in [6.07, 6.45) is 2.87. The van der Waals surface area contributed by atoms with Gasteiger partial charge in [-0.3, -0.25) is 4.79 Å². The van der Waals surface area contributed by atoms with E-state index >= 15 is 0 Å². The first-order chi connectivity index (χ1) is 11.6. The quantitative estimate of drug-likeness (QED) is 0.867. The van der Waals surface area contributed by atoms with Crippen molar-refractivity contribution in [1.82, 2.24) is 15.0 Å². The zero-order chi connectivity index (χ0) is 16.7. The van der Waals surface area contributed by atoms with E-state index in [-0.39, 0.29) is 23.6 Å². The third-order valence-corrected chi connectivity index (χ3v) is 5.03. The molecule has 4 rings (SSSR count). The first kappa shape index (κ1) is 15.3. The number of nitrogens with zero attached hydrogens (tertiary/aromatic N) is 3. The van der Waals surface area contributed by atoms with Crippen LogP contribution in [0.15, 0.2) is 28.8 Å². The molecule has 1 saturated heterocycles. The molecule has 1 aliphatic carbocycles. The van der Waals surface area contributed by atoms with Crippen molar-refractivity contribution in [2.75, 3.05) is 13.1 Å². The lowest BCUT2D eigenvalue weighted by molar-refractivity contribution is -0.134. The molecule has 126 valence electrons. The van der Waals surface area contributed by atoms with E-state index in [1.807, 2.05) is 4.90 Å². The molecule has 5 nitrogen and oxygen atoms in total. The van der Waals surface area contributed by atoms with Crippen LogP contribution < -0.4 is 0 Å². The van der Waals surface area contributed by atoms with E-state index in [2.05, 4.69) is 17.1 Å². The standard InChI is InChI=1S/C18H20FN3O2/c1-11-8-15(11)18(23)22-7-3-5-13(10-22)17-20-16(21-24-17)12-4-2-6-14(19)9-12/h2,4,6,9,11,13,15H,3,5,7-8,10H2,1H3. The lowest BCUT2D eigenvalue weighted by Crippen LogP contribution is -2.40. The Bertz CT molecular complexity index is 760. The van der Waals surface area contributed by atoms with E-state index in [4.69, 9.17) is 4.52 Å². The number of carbonyl (C=O) groups is 1. The van der Waals surface area contributed by atoms with E-state index in [1.54, 1.807) is 12.1 Å². The van der Waals surface area contributed by atoms with Crippen LogP contribution in [0, 0.1) is 17.7 Å². The molecular weight excluding hydrogens is 309 g/mol. The van der Waals surface area contributed by atoms with Gasteiger partial charge in [-0.05, 0) is 37.3 Å². The Labute approximate surface area is 139 Å². The summed E-state index contributed by atoms with van der Waals surface area (Å²) in [6, 6.07) is 6.15. The summed E-state index contributed by atoms with van der Waals surface area (Å²) in [5.41, 5.74) is 0.598. The number of rotatable bonds is 3. The van der Waals surface area contributed by atoms with Crippen LogP contribution in [0.3, 0.4) is 0 Å². The van der Waals surface area contributed by atoms with Crippen LogP contribution >= 0.6 is 0 Å². The molecule has 0 N–H and O–H groups in total. The number of benzene rings is 1. The van der Waals surface area contributed by atoms with E-state index in [9.17, 15) is 9.18 Å². The lowest BCUT2D eigenvalue weighted by atomic mass is 9.97. The highest BCUT2D eigenvalue weighted by atomic mass is 19.1. The molecule has 3 unspecified atom stereocenters. The molecule has 1 aromatic heterocycles. The van der Waals surface area contributed by atoms with Gasteiger partial charge in [-0.25, -0.2) is 4.39 Å². The van der Waals surface area contributed by atoms with Crippen LogP contribution in [0.1, 0.15) is 38.0 Å². The van der Waals surface area contributed by atoms with Gasteiger partial charge in [0, 0.05) is 24.6 Å². The van der Waals surface area contributed by atoms with Gasteiger partial charge in [-0.2, -0.15) is 4.98 Å². The molecular formula is C18H20FN3O2. The van der Waals surface area contributed by atoms with Crippen LogP contribution in [-0.2, 0) is 4.79 Å². The SMILES string of the molecule is CC1CC1C(=O)N1CCCC(c2nc(-c3cccc(F)c3)no2)C1. The summed E-state index contributed by atoms with van der Waals surface area (Å²) < 4.78 is 18.7. The van der Waals surface area contributed by atoms with Gasteiger partial charge in [-0.15, -0.1) is 0 Å². The van der Waals surface area contributed by atoms with Crippen molar-refractivity contribution < 1.29 is 13.7 Å². The topological polar surface area (TPSA) is 59.2 Å². The van der Waals surface area contributed by atoms with Gasteiger partial charge in [0.25, 0.3) is 0 Å². The monoisotopic (exact) mass is 329 g/mol. The van der Waals surface area contributed by atoms with Gasteiger partial charge in [0.2, 0.25) is 17.6 Å². The number of carbonyl (C=O) groups excluding carboxylic acids is 1. The van der Waals surface area contributed by atoms with Crippen LogP contribution in [-0.4, -0.2) is 34.0 Å². The molecule has 1 saturated carbocycles. The number of piperidine rings is 1. The highest BCUT2D eigenvalue weighted by molar-refractivity contribution is 5.81. The number of amides is 1. The van der Waals surface area contributed by atoms with Crippen LogP contribution in [0.25, 0.3) is 11.4 Å². The summed E-state index contributed by atoms with van der Waals surface area (Å²) in [6.45, 7) is 3.56. The highest BCUT2D eigenvalue weighted by Crippen LogP contribution is 2.40. The molecule has 2 heterocycles. The minimum atomic E-state index is -0.327. The summed E-state index contributed by atoms with van der Waals surface area (Å²) in [7, 11) is 0. The van der Waals surface area contributed by atoms with E-state index < -0.39 is 0 Å². The lowest BCUT2D eigenvalue weighted by Gasteiger charge is -2.31. The first-order valence-electron chi connectivity index (χ1n) is 8.50. The Morgan fingerprint density at radius 1 is 1.42 bits per heavy atom. The Balaban J connectivity index is 1.48. The molecule has 2 fully saturated rings. The molecule has 0 radical (unpaired) electrons. The largest absolute Gasteiger partial charge is 0.342 e. The fourth-order valence-corrected chi connectivity index (χ4v) is 3.43. The van der Waals surface area contributed by atoms with Crippen LogP contribution in [0.4, 0.5) is 4.39 Å². The summed E-state index contributed by atoms with van der Waals surface area (Å²) >= 11 is 0. The smallest absolute Gasteiger partial charge is 0.231 e. The van der Waals surface area contributed by atoms with E-state index in [1.165, 1.54) is 12.1 Å². The minimum absolute atomic E-state index is 0.0616. The predicted molar refractivity (Wildman–Crippen MR) is 85.5 cm³/mol. The maximum absolute atomic E-state index is 13.3. The van der Waals surface area contributed by atoms with Crippen molar-refractivity contribution in [2.45, 2.75) is 32.1 Å². The summed E-state index contributed by atoms with van der Waals surface area (Å²) in [5, 5.41) is 3.98. The third kappa shape index (κ3) is 2.92. The summed E-state index contributed by atoms with van der Waals surface area (Å²) in [5.74, 6) is 1.64. The van der Waals surface area contributed by atoms with Crippen molar-refractivity contribution in [3.8, 4) is 11.4 Å². The normalized spacial score (nSPS) is 26.4. The molecule has 0 bridgehead atoms. The maximum Gasteiger partial charge on any atom is 0.231 e. The molecule has 3 atom stereocenters. The molecule has 0 spiro atoms. The molecule has 6 heteroatoms.